The molecule has 0 radical (unpaired) electrons. The van der Waals surface area contributed by atoms with Gasteiger partial charge in [-0.1, -0.05) is 0 Å². The molecule has 7 nitrogen and oxygen atoms in total. The second-order valence-corrected chi connectivity index (χ2v) is 9.55. The summed E-state index contributed by atoms with van der Waals surface area (Å²) in [5, 5.41) is 5.85. The highest BCUT2D eigenvalue weighted by Gasteiger charge is 2.42. The van der Waals surface area contributed by atoms with Gasteiger partial charge in [-0.05, 0) is 68.5 Å². The average Bonchev–Trinajstić information content (AvgIpc) is 3.10. The Hall–Kier alpha value is -2.25. The van der Waals surface area contributed by atoms with Gasteiger partial charge in [0.2, 0.25) is 11.8 Å². The van der Waals surface area contributed by atoms with E-state index in [0.29, 0.717) is 19.3 Å². The summed E-state index contributed by atoms with van der Waals surface area (Å²) in [4.78, 5) is 41.7. The van der Waals surface area contributed by atoms with Crippen molar-refractivity contribution in [3.63, 3.8) is 0 Å². The highest BCUT2D eigenvalue weighted by Crippen LogP contribution is 2.37. The van der Waals surface area contributed by atoms with Crippen LogP contribution in [-0.2, 0) is 16.0 Å². The van der Waals surface area contributed by atoms with Crippen molar-refractivity contribution < 1.29 is 14.4 Å². The van der Waals surface area contributed by atoms with Crippen LogP contribution in [-0.4, -0.2) is 68.3 Å². The molecule has 31 heavy (non-hydrogen) atoms. The van der Waals surface area contributed by atoms with E-state index in [1.807, 2.05) is 6.07 Å². The van der Waals surface area contributed by atoms with Gasteiger partial charge in [0.25, 0.3) is 0 Å². The average molecular weight is 425 g/mol. The number of carbonyl (C=O) groups is 3. The highest BCUT2D eigenvalue weighted by atomic mass is 16.2. The van der Waals surface area contributed by atoms with Crippen molar-refractivity contribution >= 4 is 23.3 Å². The molecule has 0 saturated carbocycles. The van der Waals surface area contributed by atoms with Crippen molar-refractivity contribution in [2.45, 2.75) is 32.1 Å². The number of piperazine rings is 1. The second-order valence-electron chi connectivity index (χ2n) is 9.55. The predicted octanol–water partition coefficient (Wildman–Crippen LogP) is 1.22. The van der Waals surface area contributed by atoms with Crippen LogP contribution in [0.3, 0.4) is 0 Å². The first kappa shape index (κ1) is 20.6. The number of hydrogen-bond donors (Lipinski definition) is 2. The molecule has 3 heterocycles. The monoisotopic (exact) mass is 424 g/mol. The maximum atomic E-state index is 13.0. The van der Waals surface area contributed by atoms with Gasteiger partial charge in [-0.15, -0.1) is 0 Å². The van der Waals surface area contributed by atoms with Crippen LogP contribution in [0, 0.1) is 17.8 Å². The molecule has 0 aromatic heterocycles. The summed E-state index contributed by atoms with van der Waals surface area (Å²) in [6.45, 7) is 7.69. The van der Waals surface area contributed by atoms with Crippen LogP contribution >= 0.6 is 0 Å². The van der Waals surface area contributed by atoms with Crippen LogP contribution in [0.2, 0.25) is 0 Å². The van der Waals surface area contributed by atoms with Gasteiger partial charge in [-0.25, -0.2) is 0 Å². The summed E-state index contributed by atoms with van der Waals surface area (Å²) in [6.07, 6.45) is 3.97. The van der Waals surface area contributed by atoms with Gasteiger partial charge >= 0.3 is 0 Å². The number of ketones is 1. The molecule has 3 saturated heterocycles. The molecule has 7 heteroatoms. The summed E-state index contributed by atoms with van der Waals surface area (Å²) in [7, 11) is 0. The van der Waals surface area contributed by atoms with Crippen molar-refractivity contribution in [1.29, 1.82) is 0 Å². The smallest absolute Gasteiger partial charge is 0.230 e. The number of rotatable bonds is 4. The van der Waals surface area contributed by atoms with E-state index in [4.69, 9.17) is 0 Å². The summed E-state index contributed by atoms with van der Waals surface area (Å²) in [5.41, 5.74) is 2.98. The number of fused-ring (bicyclic) bond motifs is 1. The van der Waals surface area contributed by atoms with E-state index in [1.54, 1.807) is 0 Å². The summed E-state index contributed by atoms with van der Waals surface area (Å²) >= 11 is 0. The first-order valence-electron chi connectivity index (χ1n) is 11.8. The van der Waals surface area contributed by atoms with E-state index in [-0.39, 0.29) is 29.4 Å². The molecular weight excluding hydrogens is 392 g/mol. The van der Waals surface area contributed by atoms with Crippen LogP contribution in [0.5, 0.6) is 0 Å². The summed E-state index contributed by atoms with van der Waals surface area (Å²) in [5.74, 6) is -0.357. The van der Waals surface area contributed by atoms with Crippen LogP contribution in [0.15, 0.2) is 18.2 Å². The Labute approximate surface area is 183 Å². The number of Topliss-reactive ketones (excluding diaryl/α,β-unsaturated/α-hetero) is 1. The van der Waals surface area contributed by atoms with Crippen molar-refractivity contribution in [2.75, 3.05) is 50.7 Å². The minimum Gasteiger partial charge on any atom is -0.369 e. The molecule has 3 fully saturated rings. The molecule has 1 aromatic rings. The number of nitrogens with one attached hydrogen (secondary N) is 2. The maximum Gasteiger partial charge on any atom is 0.230 e. The molecular formula is C24H32N4O3. The predicted molar refractivity (Wildman–Crippen MR) is 118 cm³/mol. The molecule has 2 N–H and O–H groups in total. The van der Waals surface area contributed by atoms with Gasteiger partial charge in [-0.3, -0.25) is 24.6 Å². The van der Waals surface area contributed by atoms with E-state index in [1.165, 1.54) is 25.1 Å². The molecule has 1 aliphatic carbocycles. The Kier molecular flexibility index (Phi) is 5.80. The largest absolute Gasteiger partial charge is 0.369 e. The highest BCUT2D eigenvalue weighted by molar-refractivity contribution is 6.07. The lowest BCUT2D eigenvalue weighted by Crippen LogP contribution is -2.48. The summed E-state index contributed by atoms with van der Waals surface area (Å²) < 4.78 is 0. The lowest BCUT2D eigenvalue weighted by Gasteiger charge is -2.38. The third kappa shape index (κ3) is 4.26. The zero-order valence-electron chi connectivity index (χ0n) is 18.1. The fraction of sp³-hybridized carbons (Fsp3) is 0.625. The van der Waals surface area contributed by atoms with Crippen molar-refractivity contribution in [1.82, 2.24) is 15.5 Å². The standard InChI is InChI=1S/C24H32N4O3/c29-22-4-3-20(24(31)26-22)21-14-17-13-18(1-2-19(17)23(21)30)28-11-9-27(10-12-28)15-16-5-7-25-8-6-16/h1-2,13,16,20-21,25H,3-12,14-15H2,(H,26,29,31). The lowest BCUT2D eigenvalue weighted by molar-refractivity contribution is -0.137. The number of imide groups is 1. The van der Waals surface area contributed by atoms with Crippen molar-refractivity contribution in [3.05, 3.63) is 29.3 Å². The Morgan fingerprint density at radius 2 is 1.71 bits per heavy atom. The Bertz CT molecular complexity index is 872. The molecule has 4 aliphatic rings. The number of anilines is 1. The number of benzene rings is 1. The first-order chi connectivity index (χ1) is 15.1. The van der Waals surface area contributed by atoms with Crippen LogP contribution in [0.1, 0.15) is 41.6 Å². The topological polar surface area (TPSA) is 81.8 Å². The normalized spacial score (nSPS) is 28.0. The first-order valence-corrected chi connectivity index (χ1v) is 11.8. The quantitative estimate of drug-likeness (QED) is 0.708. The Morgan fingerprint density at radius 1 is 0.935 bits per heavy atom. The molecule has 166 valence electrons. The number of piperidine rings is 2. The van der Waals surface area contributed by atoms with Crippen LogP contribution in [0.25, 0.3) is 0 Å². The molecule has 2 atom stereocenters. The van der Waals surface area contributed by atoms with Gasteiger partial charge < -0.3 is 10.2 Å². The fourth-order valence-electron chi connectivity index (χ4n) is 5.75. The molecule has 0 bridgehead atoms. The Balaban J connectivity index is 1.21. The lowest BCUT2D eigenvalue weighted by atomic mass is 9.83. The third-order valence-corrected chi connectivity index (χ3v) is 7.61. The van der Waals surface area contributed by atoms with Gasteiger partial charge in [0, 0.05) is 62.2 Å². The van der Waals surface area contributed by atoms with Gasteiger partial charge in [0.05, 0.1) is 0 Å². The SMILES string of the molecule is O=C1CCC(C2Cc3cc(N4CCN(CC5CCNCC5)CC4)ccc3C2=O)C(=O)N1. The maximum absolute atomic E-state index is 13.0. The van der Waals surface area contributed by atoms with Crippen LogP contribution in [0.4, 0.5) is 5.69 Å². The number of carbonyl (C=O) groups excluding carboxylic acids is 3. The van der Waals surface area contributed by atoms with E-state index in [0.717, 1.165) is 56.3 Å². The second kappa shape index (κ2) is 8.71. The van der Waals surface area contributed by atoms with E-state index in [9.17, 15) is 14.4 Å². The summed E-state index contributed by atoms with van der Waals surface area (Å²) in [6, 6.07) is 6.16. The zero-order valence-corrected chi connectivity index (χ0v) is 18.1. The minimum atomic E-state index is -0.389. The number of hydrogen-bond acceptors (Lipinski definition) is 6. The molecule has 2 amide bonds. The third-order valence-electron chi connectivity index (χ3n) is 7.61. The van der Waals surface area contributed by atoms with E-state index >= 15 is 0 Å². The number of amides is 2. The minimum absolute atomic E-state index is 0.0582. The number of nitrogens with zero attached hydrogens (tertiary/aromatic N) is 2. The van der Waals surface area contributed by atoms with Gasteiger partial charge in [0.1, 0.15) is 0 Å². The molecule has 2 unspecified atom stereocenters. The van der Waals surface area contributed by atoms with Gasteiger partial charge in [0.15, 0.2) is 5.78 Å². The zero-order chi connectivity index (χ0) is 21.4. The van der Waals surface area contributed by atoms with Crippen molar-refractivity contribution in [2.24, 2.45) is 17.8 Å². The molecule has 0 spiro atoms. The molecule has 3 aliphatic heterocycles. The van der Waals surface area contributed by atoms with Crippen LogP contribution < -0.4 is 15.5 Å². The molecule has 1 aromatic carbocycles. The molecule has 5 rings (SSSR count). The van der Waals surface area contributed by atoms with E-state index < -0.39 is 0 Å². The van der Waals surface area contributed by atoms with E-state index in [2.05, 4.69) is 32.6 Å². The Morgan fingerprint density at radius 3 is 2.45 bits per heavy atom. The van der Waals surface area contributed by atoms with Crippen molar-refractivity contribution in [3.8, 4) is 0 Å². The fourth-order valence-corrected chi connectivity index (χ4v) is 5.75. The van der Waals surface area contributed by atoms with Gasteiger partial charge in [-0.2, -0.15) is 0 Å².